The number of carbonyl (C=O) groups is 1. The molecule has 2 atom stereocenters. The van der Waals surface area contributed by atoms with E-state index in [1.807, 2.05) is 18.7 Å². The lowest BCUT2D eigenvalue weighted by Crippen LogP contribution is -2.47. The van der Waals surface area contributed by atoms with Crippen LogP contribution in [0, 0.1) is 0 Å². The molecule has 1 aliphatic rings. The van der Waals surface area contributed by atoms with Crippen LogP contribution in [0.3, 0.4) is 0 Å². The first-order valence-electron chi connectivity index (χ1n) is 6.34. The Morgan fingerprint density at radius 2 is 1.61 bits per heavy atom. The number of rotatable bonds is 1. The maximum absolute atomic E-state index is 12.4. The average Bonchev–Trinajstić information content (AvgIpc) is 2.27. The van der Waals surface area contributed by atoms with Crippen molar-refractivity contribution in [1.29, 1.82) is 0 Å². The van der Waals surface area contributed by atoms with Crippen LogP contribution in [0.4, 0.5) is 0 Å². The molecule has 1 amide bonds. The van der Waals surface area contributed by atoms with Crippen LogP contribution < -0.4 is 0 Å². The molecule has 0 aromatic heterocycles. The summed E-state index contributed by atoms with van der Waals surface area (Å²) in [5, 5.41) is 18.9. The van der Waals surface area contributed by atoms with Crippen molar-refractivity contribution in [3.8, 4) is 11.5 Å². The van der Waals surface area contributed by atoms with E-state index >= 15 is 0 Å². The second kappa shape index (κ2) is 4.88. The van der Waals surface area contributed by atoms with Gasteiger partial charge in [0, 0.05) is 23.7 Å². The Morgan fingerprint density at radius 1 is 1.11 bits per heavy atom. The van der Waals surface area contributed by atoms with Gasteiger partial charge in [0.25, 0.3) is 5.91 Å². The lowest BCUT2D eigenvalue weighted by Gasteiger charge is -2.39. The Balaban J connectivity index is 2.29. The third kappa shape index (κ3) is 2.42. The van der Waals surface area contributed by atoms with Crippen molar-refractivity contribution < 1.29 is 15.0 Å². The molecule has 2 rings (SSSR count). The van der Waals surface area contributed by atoms with Crippen LogP contribution >= 0.6 is 0 Å². The molecule has 4 heteroatoms. The van der Waals surface area contributed by atoms with Gasteiger partial charge < -0.3 is 15.1 Å². The summed E-state index contributed by atoms with van der Waals surface area (Å²) in [5.74, 6) is -0.299. The highest BCUT2D eigenvalue weighted by molar-refractivity contribution is 5.95. The van der Waals surface area contributed by atoms with E-state index in [0.717, 1.165) is 19.3 Å². The number of aromatic hydroxyl groups is 2. The van der Waals surface area contributed by atoms with Gasteiger partial charge in [-0.2, -0.15) is 0 Å². The van der Waals surface area contributed by atoms with E-state index in [1.54, 1.807) is 0 Å². The lowest BCUT2D eigenvalue weighted by atomic mass is 9.96. The van der Waals surface area contributed by atoms with Crippen LogP contribution in [-0.2, 0) is 0 Å². The van der Waals surface area contributed by atoms with Crippen molar-refractivity contribution in [3.63, 3.8) is 0 Å². The molecule has 2 N–H and O–H groups in total. The van der Waals surface area contributed by atoms with Crippen molar-refractivity contribution in [2.24, 2.45) is 0 Å². The number of phenols is 2. The normalized spacial score (nSPS) is 24.0. The maximum Gasteiger partial charge on any atom is 0.254 e. The topological polar surface area (TPSA) is 60.8 Å². The van der Waals surface area contributed by atoms with Crippen LogP contribution in [0.1, 0.15) is 43.5 Å². The number of piperidine rings is 1. The van der Waals surface area contributed by atoms with E-state index in [0.29, 0.717) is 5.56 Å². The van der Waals surface area contributed by atoms with Gasteiger partial charge in [-0.05, 0) is 45.2 Å². The van der Waals surface area contributed by atoms with Gasteiger partial charge in [0.1, 0.15) is 11.5 Å². The number of carbonyl (C=O) groups excluding carboxylic acids is 1. The van der Waals surface area contributed by atoms with Crippen molar-refractivity contribution in [3.05, 3.63) is 23.8 Å². The second-order valence-corrected chi connectivity index (χ2v) is 5.08. The fraction of sp³-hybridized carbons (Fsp3) is 0.500. The second-order valence-electron chi connectivity index (χ2n) is 5.08. The largest absolute Gasteiger partial charge is 0.508 e. The van der Waals surface area contributed by atoms with Gasteiger partial charge in [-0.1, -0.05) is 0 Å². The quantitative estimate of drug-likeness (QED) is 0.804. The molecule has 1 aliphatic heterocycles. The molecule has 0 saturated carbocycles. The van der Waals surface area contributed by atoms with Crippen LogP contribution in [0.2, 0.25) is 0 Å². The molecule has 1 fully saturated rings. The van der Waals surface area contributed by atoms with E-state index < -0.39 is 0 Å². The predicted molar refractivity (Wildman–Crippen MR) is 68.7 cm³/mol. The smallest absolute Gasteiger partial charge is 0.254 e. The number of phenolic OH excluding ortho intramolecular Hbond substituents is 2. The Morgan fingerprint density at radius 3 is 2.11 bits per heavy atom. The molecule has 0 spiro atoms. The molecule has 1 heterocycles. The fourth-order valence-electron chi connectivity index (χ4n) is 2.69. The van der Waals surface area contributed by atoms with Gasteiger partial charge in [-0.25, -0.2) is 0 Å². The van der Waals surface area contributed by atoms with Crippen molar-refractivity contribution in [1.82, 2.24) is 4.90 Å². The van der Waals surface area contributed by atoms with Crippen LogP contribution in [0.5, 0.6) is 11.5 Å². The molecule has 18 heavy (non-hydrogen) atoms. The maximum atomic E-state index is 12.4. The van der Waals surface area contributed by atoms with Crippen LogP contribution in [0.25, 0.3) is 0 Å². The fourth-order valence-corrected chi connectivity index (χ4v) is 2.69. The molecular weight excluding hydrogens is 230 g/mol. The number of likely N-dealkylation sites (tertiary alicyclic amines) is 1. The van der Waals surface area contributed by atoms with E-state index in [2.05, 4.69) is 0 Å². The summed E-state index contributed by atoms with van der Waals surface area (Å²) in [7, 11) is 0. The Bertz CT molecular complexity index is 428. The van der Waals surface area contributed by atoms with Gasteiger partial charge in [-0.3, -0.25) is 4.79 Å². The highest BCUT2D eigenvalue weighted by Crippen LogP contribution is 2.27. The first-order valence-corrected chi connectivity index (χ1v) is 6.34. The number of nitrogens with zero attached hydrogens (tertiary/aromatic N) is 1. The minimum Gasteiger partial charge on any atom is -0.508 e. The van der Waals surface area contributed by atoms with Gasteiger partial charge in [0.15, 0.2) is 0 Å². The average molecular weight is 249 g/mol. The zero-order valence-electron chi connectivity index (χ0n) is 10.8. The SMILES string of the molecule is C[C@@H]1CCC[C@H](C)N1C(=O)c1cc(O)cc(O)c1. The highest BCUT2D eigenvalue weighted by Gasteiger charge is 2.29. The lowest BCUT2D eigenvalue weighted by molar-refractivity contribution is 0.0510. The predicted octanol–water partition coefficient (Wildman–Crippen LogP) is 2.50. The first kappa shape index (κ1) is 12.7. The monoisotopic (exact) mass is 249 g/mol. The highest BCUT2D eigenvalue weighted by atomic mass is 16.3. The molecule has 0 aliphatic carbocycles. The molecule has 1 aromatic carbocycles. The van der Waals surface area contributed by atoms with Crippen molar-refractivity contribution in [2.75, 3.05) is 0 Å². The molecule has 4 nitrogen and oxygen atoms in total. The Labute approximate surface area is 107 Å². The van der Waals surface area contributed by atoms with E-state index in [-0.39, 0.29) is 29.5 Å². The number of amides is 1. The molecule has 98 valence electrons. The summed E-state index contributed by atoms with van der Waals surface area (Å²) >= 11 is 0. The van der Waals surface area contributed by atoms with E-state index in [4.69, 9.17) is 0 Å². The first-order chi connectivity index (χ1) is 8.49. The molecular formula is C14H19NO3. The molecule has 0 radical (unpaired) electrons. The minimum atomic E-state index is -0.124. The summed E-state index contributed by atoms with van der Waals surface area (Å²) in [5.41, 5.74) is 0.341. The van der Waals surface area contributed by atoms with Crippen LogP contribution in [0.15, 0.2) is 18.2 Å². The van der Waals surface area contributed by atoms with Gasteiger partial charge in [0.05, 0.1) is 0 Å². The Hall–Kier alpha value is -1.71. The van der Waals surface area contributed by atoms with E-state index in [1.165, 1.54) is 18.2 Å². The molecule has 1 saturated heterocycles. The summed E-state index contributed by atoms with van der Waals surface area (Å²) in [6.07, 6.45) is 3.14. The molecule has 0 unspecified atom stereocenters. The van der Waals surface area contributed by atoms with Crippen LogP contribution in [-0.4, -0.2) is 33.1 Å². The summed E-state index contributed by atoms with van der Waals surface area (Å²) in [6, 6.07) is 4.42. The number of benzene rings is 1. The third-order valence-electron chi connectivity index (χ3n) is 3.58. The summed E-state index contributed by atoms with van der Waals surface area (Å²) in [6.45, 7) is 4.08. The summed E-state index contributed by atoms with van der Waals surface area (Å²) < 4.78 is 0. The van der Waals surface area contributed by atoms with Gasteiger partial charge >= 0.3 is 0 Å². The molecule has 0 bridgehead atoms. The molecule has 1 aromatic rings. The Kier molecular flexibility index (Phi) is 3.45. The zero-order chi connectivity index (χ0) is 13.3. The minimum absolute atomic E-state index is 0.0873. The van der Waals surface area contributed by atoms with E-state index in [9.17, 15) is 15.0 Å². The summed E-state index contributed by atoms with van der Waals surface area (Å²) in [4.78, 5) is 14.3. The van der Waals surface area contributed by atoms with Crippen molar-refractivity contribution in [2.45, 2.75) is 45.2 Å². The van der Waals surface area contributed by atoms with Crippen molar-refractivity contribution >= 4 is 5.91 Å². The van der Waals surface area contributed by atoms with Gasteiger partial charge in [-0.15, -0.1) is 0 Å². The third-order valence-corrected chi connectivity index (χ3v) is 3.58. The number of hydrogen-bond donors (Lipinski definition) is 2. The zero-order valence-corrected chi connectivity index (χ0v) is 10.8. The standard InChI is InChI=1S/C14H19NO3/c1-9-4-3-5-10(2)15(9)14(18)11-6-12(16)8-13(17)7-11/h6-10,16-17H,3-5H2,1-2H3/t9-,10+. The number of hydrogen-bond acceptors (Lipinski definition) is 3. The van der Waals surface area contributed by atoms with Gasteiger partial charge in [0.2, 0.25) is 0 Å².